The largest absolute Gasteiger partial charge is 4.00 e. The third-order valence-electron chi connectivity index (χ3n) is 5.02. The zero-order chi connectivity index (χ0) is 20.6. The van der Waals surface area contributed by atoms with Gasteiger partial charge in [0.2, 0.25) is 0 Å². The van der Waals surface area contributed by atoms with E-state index in [1.807, 2.05) is 0 Å². The summed E-state index contributed by atoms with van der Waals surface area (Å²) in [5.74, 6) is 0. The first kappa shape index (κ1) is 33.9. The maximum absolute atomic E-state index is 3.55. The molecule has 0 aromatic carbocycles. The van der Waals surface area contributed by atoms with Crippen molar-refractivity contribution in [2.45, 2.75) is 95.9 Å². The van der Waals surface area contributed by atoms with Gasteiger partial charge in [0.1, 0.15) is 0 Å². The maximum atomic E-state index is 3.55. The monoisotopic (exact) mass is 472 g/mol. The Bertz CT molecular complexity index is 576. The molecule has 2 rings (SSSR count). The summed E-state index contributed by atoms with van der Waals surface area (Å²) in [5.41, 5.74) is 6.71. The molecule has 0 spiro atoms. The Labute approximate surface area is 209 Å². The van der Waals surface area contributed by atoms with Crippen molar-refractivity contribution in [3.05, 3.63) is 46.6 Å². The molecule has 0 fully saturated rings. The molecule has 0 amide bonds. The van der Waals surface area contributed by atoms with E-state index in [0.29, 0.717) is 0 Å². The van der Waals surface area contributed by atoms with E-state index in [2.05, 4.69) is 107 Å². The van der Waals surface area contributed by atoms with Crippen LogP contribution in [0.2, 0.25) is 0 Å². The van der Waals surface area contributed by atoms with E-state index in [1.165, 1.54) is 22.3 Å². The Kier molecular flexibility index (Phi) is 13.7. The molecule has 0 saturated heterocycles. The van der Waals surface area contributed by atoms with Crippen LogP contribution in [0.4, 0.5) is 0 Å². The Balaban J connectivity index is -0.000000422. The molecule has 0 bridgehead atoms. The van der Waals surface area contributed by atoms with Crippen molar-refractivity contribution in [1.29, 1.82) is 0 Å². The van der Waals surface area contributed by atoms with Crippen molar-refractivity contribution in [2.75, 3.05) is 0 Å². The van der Waals surface area contributed by atoms with E-state index < -0.39 is 0 Å². The van der Waals surface area contributed by atoms with Gasteiger partial charge in [-0.15, -0.1) is 0 Å². The van der Waals surface area contributed by atoms with Crippen LogP contribution in [0.3, 0.4) is 0 Å². The van der Waals surface area contributed by atoms with E-state index >= 15 is 0 Å². The number of hydrogen-bond donors (Lipinski definition) is 0. The van der Waals surface area contributed by atoms with Crippen molar-refractivity contribution in [2.24, 2.45) is 21.7 Å². The third kappa shape index (κ3) is 10.9. The minimum atomic E-state index is 0. The Hall–Kier alpha value is 0.254. The molecule has 164 valence electrons. The zero-order valence-electron chi connectivity index (χ0n) is 20.8. The van der Waals surface area contributed by atoms with Crippen LogP contribution in [0.5, 0.6) is 0 Å². The summed E-state index contributed by atoms with van der Waals surface area (Å²) in [6.45, 7) is 27.0. The predicted molar refractivity (Wildman–Crippen MR) is 117 cm³/mol. The molecular weight excluding hydrogens is 431 g/mol. The van der Waals surface area contributed by atoms with E-state index in [0.717, 1.165) is 12.8 Å². The molecule has 0 radical (unpaired) electrons. The summed E-state index contributed by atoms with van der Waals surface area (Å²) in [6, 6.07) is 0. The zero-order valence-corrected chi connectivity index (χ0v) is 23.9. The number of rotatable bonds is 0. The van der Waals surface area contributed by atoms with Crippen LogP contribution in [-0.4, -0.2) is 0 Å². The van der Waals surface area contributed by atoms with Crippen molar-refractivity contribution in [1.82, 2.24) is 0 Å². The number of allylic oxidation sites excluding steroid dienone is 8. The summed E-state index contributed by atoms with van der Waals surface area (Å²) in [6.07, 6.45) is 13.9. The first-order valence-corrected chi connectivity index (χ1v) is 10.1. The maximum Gasteiger partial charge on any atom is 4.00 e. The van der Waals surface area contributed by atoms with Crippen molar-refractivity contribution >= 4 is 0 Å². The van der Waals surface area contributed by atoms with Crippen LogP contribution < -0.4 is 24.8 Å². The second-order valence-electron chi connectivity index (χ2n) is 11.9. The predicted octanol–water partition coefficient (Wildman–Crippen LogP) is 2.28. The second kappa shape index (κ2) is 11.8. The topological polar surface area (TPSA) is 0 Å². The summed E-state index contributed by atoms with van der Waals surface area (Å²) in [5, 5.41) is 0. The van der Waals surface area contributed by atoms with Gasteiger partial charge in [-0.25, -0.2) is 35.5 Å². The van der Waals surface area contributed by atoms with E-state index in [1.54, 1.807) is 0 Å². The SMILES string of the molecule is CC(C)(C)C1=[C-]C(C(C)(C)C)=CC1.CC(C)(C)C1=[C-]C(C(C)(C)C)=CC1.[Cl-].[Cl-].[Ti+4]. The van der Waals surface area contributed by atoms with Crippen LogP contribution in [0.15, 0.2) is 34.4 Å². The molecule has 2 aliphatic carbocycles. The normalized spacial score (nSPS) is 16.7. The summed E-state index contributed by atoms with van der Waals surface area (Å²) in [4.78, 5) is 0. The van der Waals surface area contributed by atoms with Gasteiger partial charge >= 0.3 is 21.7 Å². The third-order valence-corrected chi connectivity index (χ3v) is 5.02. The van der Waals surface area contributed by atoms with Crippen LogP contribution >= 0.6 is 0 Å². The molecule has 0 saturated carbocycles. The standard InChI is InChI=1S/2C13H21.2ClH.Ti/c2*1-12(2,3)10-7-8-11(9-10)13(4,5)6;;;/h2*7H,8H2,1-6H3;2*1H;/q2*-1;;;+4/p-2. The van der Waals surface area contributed by atoms with Gasteiger partial charge in [0.05, 0.1) is 0 Å². The van der Waals surface area contributed by atoms with Gasteiger partial charge in [-0.1, -0.05) is 95.9 Å². The van der Waals surface area contributed by atoms with E-state index in [9.17, 15) is 0 Å². The van der Waals surface area contributed by atoms with Crippen LogP contribution in [-0.2, 0) is 21.7 Å². The molecule has 0 N–H and O–H groups in total. The molecule has 0 nitrogen and oxygen atoms in total. The Morgan fingerprint density at radius 2 is 0.759 bits per heavy atom. The number of halogens is 2. The van der Waals surface area contributed by atoms with Crippen LogP contribution in [0.25, 0.3) is 0 Å². The molecule has 0 unspecified atom stereocenters. The van der Waals surface area contributed by atoms with Crippen LogP contribution in [0.1, 0.15) is 95.9 Å². The molecule has 29 heavy (non-hydrogen) atoms. The molecule has 0 aromatic rings. The van der Waals surface area contributed by atoms with Gasteiger partial charge in [-0.3, -0.25) is 0 Å². The fraction of sp³-hybridized carbons (Fsp3) is 0.692. The Morgan fingerprint density at radius 1 is 0.517 bits per heavy atom. The second-order valence-corrected chi connectivity index (χ2v) is 11.9. The minimum absolute atomic E-state index is 0. The van der Waals surface area contributed by atoms with Gasteiger partial charge in [0, 0.05) is 0 Å². The van der Waals surface area contributed by atoms with Gasteiger partial charge in [0.25, 0.3) is 0 Å². The summed E-state index contributed by atoms with van der Waals surface area (Å²) < 4.78 is 0. The molecule has 2 aliphatic rings. The molecule has 0 atom stereocenters. The molecule has 3 heteroatoms. The average Bonchev–Trinajstić information content (AvgIpc) is 3.06. The van der Waals surface area contributed by atoms with Crippen molar-refractivity contribution in [3.8, 4) is 0 Å². The molecular formula is C26H42Cl2Ti. The van der Waals surface area contributed by atoms with Gasteiger partial charge in [0.15, 0.2) is 0 Å². The number of hydrogen-bond acceptors (Lipinski definition) is 0. The summed E-state index contributed by atoms with van der Waals surface area (Å²) >= 11 is 0. The molecule has 0 aromatic heterocycles. The first-order chi connectivity index (χ1) is 11.4. The van der Waals surface area contributed by atoms with Gasteiger partial charge in [-0.05, 0) is 21.7 Å². The van der Waals surface area contributed by atoms with Gasteiger partial charge < -0.3 is 24.8 Å². The first-order valence-electron chi connectivity index (χ1n) is 10.1. The van der Waals surface area contributed by atoms with Crippen molar-refractivity contribution < 1.29 is 46.5 Å². The Morgan fingerprint density at radius 3 is 0.862 bits per heavy atom. The average molecular weight is 473 g/mol. The van der Waals surface area contributed by atoms with Crippen molar-refractivity contribution in [3.63, 3.8) is 0 Å². The quantitative estimate of drug-likeness (QED) is 0.374. The van der Waals surface area contributed by atoms with E-state index in [-0.39, 0.29) is 68.2 Å². The fourth-order valence-electron chi connectivity index (χ4n) is 2.91. The van der Waals surface area contributed by atoms with Crippen LogP contribution in [0, 0.1) is 33.8 Å². The molecule has 0 heterocycles. The fourth-order valence-corrected chi connectivity index (χ4v) is 2.91. The van der Waals surface area contributed by atoms with E-state index in [4.69, 9.17) is 0 Å². The molecule has 0 aliphatic heterocycles. The smallest absolute Gasteiger partial charge is 1.00 e. The summed E-state index contributed by atoms with van der Waals surface area (Å²) in [7, 11) is 0. The van der Waals surface area contributed by atoms with Gasteiger partial charge in [-0.2, -0.15) is 11.1 Å². The minimum Gasteiger partial charge on any atom is -1.00 e.